The fourth-order valence-electron chi connectivity index (χ4n) is 1.03. The van der Waals surface area contributed by atoms with Gasteiger partial charge in [0.1, 0.15) is 0 Å². The van der Waals surface area contributed by atoms with Crippen LogP contribution in [0.5, 0.6) is 0 Å². The van der Waals surface area contributed by atoms with Crippen molar-refractivity contribution < 1.29 is 0 Å². The molecule has 0 heterocycles. The molecule has 0 unspecified atom stereocenters. The molecule has 1 rings (SSSR count). The first-order valence-electron chi connectivity index (χ1n) is 3.89. The average Bonchev–Trinajstić information content (AvgIpc) is 2.10. The summed E-state index contributed by atoms with van der Waals surface area (Å²) in [7, 11) is 0. The molecule has 0 aromatic heterocycles. The molecule has 62 valence electrons. The van der Waals surface area contributed by atoms with E-state index >= 15 is 0 Å². The van der Waals surface area contributed by atoms with Gasteiger partial charge in [0.05, 0.1) is 0 Å². The second-order valence-corrected chi connectivity index (χ2v) is 2.69. The highest BCUT2D eigenvalue weighted by Gasteiger charge is 1.94. The minimum atomic E-state index is 0.968. The Balaban J connectivity index is 3.04. The summed E-state index contributed by atoms with van der Waals surface area (Å²) in [6, 6.07) is 8.19. The molecular formula is C11H13N. The van der Waals surface area contributed by atoms with Gasteiger partial charge in [-0.25, -0.2) is 0 Å². The normalized spacial score (nSPS) is 11.2. The fourth-order valence-corrected chi connectivity index (χ4v) is 1.03. The molecule has 2 N–H and O–H groups in total. The molecule has 0 amide bonds. The zero-order valence-electron chi connectivity index (χ0n) is 7.25. The minimum Gasteiger partial charge on any atom is -0.404 e. The van der Waals surface area contributed by atoms with Crippen LogP contribution in [0.2, 0.25) is 0 Å². The maximum absolute atomic E-state index is 5.42. The number of aryl methyl sites for hydroxylation is 1. The summed E-state index contributed by atoms with van der Waals surface area (Å²) in [4.78, 5) is 0. The van der Waals surface area contributed by atoms with Crippen molar-refractivity contribution in [1.29, 1.82) is 0 Å². The van der Waals surface area contributed by atoms with Crippen molar-refractivity contribution in [2.45, 2.75) is 6.92 Å². The van der Waals surface area contributed by atoms with Crippen LogP contribution in [0.15, 0.2) is 43.1 Å². The number of allylic oxidation sites excluding steroid dienone is 2. The van der Waals surface area contributed by atoms with E-state index < -0.39 is 0 Å². The Labute approximate surface area is 73.2 Å². The van der Waals surface area contributed by atoms with Gasteiger partial charge in [-0.3, -0.25) is 0 Å². The Kier molecular flexibility index (Phi) is 2.70. The lowest BCUT2D eigenvalue weighted by Gasteiger charge is -2.00. The van der Waals surface area contributed by atoms with Gasteiger partial charge in [0.25, 0.3) is 0 Å². The number of hydrogen-bond acceptors (Lipinski definition) is 1. The van der Waals surface area contributed by atoms with E-state index in [4.69, 9.17) is 5.73 Å². The fraction of sp³-hybridized carbons (Fsp3) is 0.0909. The van der Waals surface area contributed by atoms with Gasteiger partial charge in [0.2, 0.25) is 0 Å². The van der Waals surface area contributed by atoms with Crippen LogP contribution in [-0.2, 0) is 0 Å². The second kappa shape index (κ2) is 3.77. The van der Waals surface area contributed by atoms with E-state index in [2.05, 4.69) is 25.6 Å². The van der Waals surface area contributed by atoms with Crippen LogP contribution in [0.1, 0.15) is 11.1 Å². The van der Waals surface area contributed by atoms with E-state index in [1.54, 1.807) is 12.3 Å². The van der Waals surface area contributed by atoms with Crippen molar-refractivity contribution in [3.05, 3.63) is 54.2 Å². The van der Waals surface area contributed by atoms with Crippen LogP contribution < -0.4 is 5.73 Å². The van der Waals surface area contributed by atoms with Crippen LogP contribution in [0.4, 0.5) is 0 Å². The van der Waals surface area contributed by atoms with E-state index in [1.165, 1.54) is 5.56 Å². The molecule has 0 saturated carbocycles. The molecule has 0 fully saturated rings. The SMILES string of the molecule is C=C/C(=C\N)c1ccc(C)cc1. The number of nitrogens with two attached hydrogens (primary N) is 1. The summed E-state index contributed by atoms with van der Waals surface area (Å²) in [6.07, 6.45) is 3.32. The van der Waals surface area contributed by atoms with E-state index in [0.29, 0.717) is 0 Å². The molecule has 1 heteroatoms. The van der Waals surface area contributed by atoms with Gasteiger partial charge in [-0.1, -0.05) is 42.5 Å². The van der Waals surface area contributed by atoms with Gasteiger partial charge in [0, 0.05) is 6.20 Å². The lowest BCUT2D eigenvalue weighted by Crippen LogP contribution is -1.86. The molecule has 1 nitrogen and oxygen atoms in total. The van der Waals surface area contributed by atoms with Crippen LogP contribution in [0, 0.1) is 6.92 Å². The number of rotatable bonds is 2. The van der Waals surface area contributed by atoms with Crippen LogP contribution in [0.25, 0.3) is 5.57 Å². The topological polar surface area (TPSA) is 26.0 Å². The van der Waals surface area contributed by atoms with E-state index in [0.717, 1.165) is 11.1 Å². The van der Waals surface area contributed by atoms with Crippen molar-refractivity contribution in [3.63, 3.8) is 0 Å². The smallest absolute Gasteiger partial charge is 0.00173 e. The van der Waals surface area contributed by atoms with Crippen LogP contribution >= 0.6 is 0 Å². The third-order valence-electron chi connectivity index (χ3n) is 1.78. The molecular weight excluding hydrogens is 146 g/mol. The van der Waals surface area contributed by atoms with Crippen molar-refractivity contribution in [1.82, 2.24) is 0 Å². The molecule has 0 atom stereocenters. The molecule has 1 aromatic rings. The second-order valence-electron chi connectivity index (χ2n) is 2.69. The molecule has 0 radical (unpaired) electrons. The van der Waals surface area contributed by atoms with Gasteiger partial charge >= 0.3 is 0 Å². The van der Waals surface area contributed by atoms with Gasteiger partial charge in [0.15, 0.2) is 0 Å². The summed E-state index contributed by atoms with van der Waals surface area (Å²) >= 11 is 0. The highest BCUT2D eigenvalue weighted by atomic mass is 14.5. The van der Waals surface area contributed by atoms with Gasteiger partial charge < -0.3 is 5.73 Å². The Morgan fingerprint density at radius 2 is 1.92 bits per heavy atom. The summed E-state index contributed by atoms with van der Waals surface area (Å²) in [5.74, 6) is 0. The Morgan fingerprint density at radius 1 is 1.33 bits per heavy atom. The quantitative estimate of drug-likeness (QED) is 0.659. The molecule has 0 aliphatic rings. The summed E-state index contributed by atoms with van der Waals surface area (Å²) < 4.78 is 0. The first-order chi connectivity index (χ1) is 5.77. The van der Waals surface area contributed by atoms with Crippen molar-refractivity contribution in [2.24, 2.45) is 5.73 Å². The standard InChI is InChI=1S/C11H13N/c1-3-10(8-12)11-6-4-9(2)5-7-11/h3-8H,1,12H2,2H3/b10-8+. The molecule has 0 aliphatic heterocycles. The predicted octanol–water partition coefficient (Wildman–Crippen LogP) is 2.48. The van der Waals surface area contributed by atoms with Gasteiger partial charge in [-0.05, 0) is 18.1 Å². The van der Waals surface area contributed by atoms with Gasteiger partial charge in [-0.15, -0.1) is 0 Å². The highest BCUT2D eigenvalue weighted by Crippen LogP contribution is 2.14. The first-order valence-corrected chi connectivity index (χ1v) is 3.89. The molecule has 1 aromatic carbocycles. The molecule has 0 saturated heterocycles. The zero-order valence-corrected chi connectivity index (χ0v) is 7.25. The van der Waals surface area contributed by atoms with Crippen molar-refractivity contribution in [3.8, 4) is 0 Å². The molecule has 0 spiro atoms. The Hall–Kier alpha value is -1.50. The van der Waals surface area contributed by atoms with Crippen molar-refractivity contribution in [2.75, 3.05) is 0 Å². The maximum Gasteiger partial charge on any atom is 0.00173 e. The third-order valence-corrected chi connectivity index (χ3v) is 1.78. The summed E-state index contributed by atoms with van der Waals surface area (Å²) in [5, 5.41) is 0. The molecule has 12 heavy (non-hydrogen) atoms. The van der Waals surface area contributed by atoms with E-state index in [9.17, 15) is 0 Å². The summed E-state index contributed by atoms with van der Waals surface area (Å²) in [6.45, 7) is 5.74. The number of benzene rings is 1. The number of hydrogen-bond donors (Lipinski definition) is 1. The Morgan fingerprint density at radius 3 is 2.33 bits per heavy atom. The predicted molar refractivity (Wildman–Crippen MR) is 53.5 cm³/mol. The van der Waals surface area contributed by atoms with E-state index in [-0.39, 0.29) is 0 Å². The average molecular weight is 159 g/mol. The Bertz CT molecular complexity index is 293. The van der Waals surface area contributed by atoms with E-state index in [1.807, 2.05) is 12.1 Å². The molecule has 0 aliphatic carbocycles. The maximum atomic E-state index is 5.42. The summed E-state index contributed by atoms with van der Waals surface area (Å²) in [5.41, 5.74) is 8.75. The van der Waals surface area contributed by atoms with Crippen LogP contribution in [-0.4, -0.2) is 0 Å². The third kappa shape index (κ3) is 1.76. The van der Waals surface area contributed by atoms with Gasteiger partial charge in [-0.2, -0.15) is 0 Å². The molecule has 0 bridgehead atoms. The lowest BCUT2D eigenvalue weighted by molar-refractivity contribution is 1.45. The monoisotopic (exact) mass is 159 g/mol. The van der Waals surface area contributed by atoms with Crippen LogP contribution in [0.3, 0.4) is 0 Å². The zero-order chi connectivity index (χ0) is 8.97. The van der Waals surface area contributed by atoms with Crippen molar-refractivity contribution >= 4 is 5.57 Å². The lowest BCUT2D eigenvalue weighted by atomic mass is 10.1. The largest absolute Gasteiger partial charge is 0.404 e. The highest BCUT2D eigenvalue weighted by molar-refractivity contribution is 5.72. The minimum absolute atomic E-state index is 0.968. The first kappa shape index (κ1) is 8.60.